The molecule has 1 aliphatic heterocycles. The van der Waals surface area contributed by atoms with E-state index in [2.05, 4.69) is 5.32 Å². The molecule has 7 heteroatoms. The summed E-state index contributed by atoms with van der Waals surface area (Å²) in [7, 11) is 0. The van der Waals surface area contributed by atoms with Crippen molar-refractivity contribution in [3.63, 3.8) is 0 Å². The van der Waals surface area contributed by atoms with Crippen LogP contribution in [0.15, 0.2) is 18.2 Å². The number of piperidine rings is 1. The molecule has 114 valence electrons. The van der Waals surface area contributed by atoms with Gasteiger partial charge in [-0.25, -0.2) is 4.39 Å². The molecule has 0 saturated carbocycles. The lowest BCUT2D eigenvalue weighted by atomic mass is 10.1. The molecule has 1 N–H and O–H groups in total. The van der Waals surface area contributed by atoms with Gasteiger partial charge in [-0.2, -0.15) is 0 Å². The molecule has 1 unspecified atom stereocenters. The predicted octanol–water partition coefficient (Wildman–Crippen LogP) is 2.55. The fourth-order valence-electron chi connectivity index (χ4n) is 2.42. The van der Waals surface area contributed by atoms with E-state index in [1.54, 1.807) is 11.8 Å². The van der Waals surface area contributed by atoms with Crippen LogP contribution in [0, 0.1) is 15.9 Å². The summed E-state index contributed by atoms with van der Waals surface area (Å²) in [6, 6.07) is 2.77. The van der Waals surface area contributed by atoms with Crippen LogP contribution in [0.3, 0.4) is 0 Å². The molecule has 1 saturated heterocycles. The number of halogens is 1. The number of nitro benzene ring substituents is 1. The van der Waals surface area contributed by atoms with E-state index in [4.69, 9.17) is 0 Å². The molecule has 0 bridgehead atoms. The lowest BCUT2D eigenvalue weighted by Gasteiger charge is -2.29. The number of non-ortho nitro benzene ring substituents is 1. The molecule has 21 heavy (non-hydrogen) atoms. The number of nitrogens with one attached hydrogen (secondary N) is 1. The summed E-state index contributed by atoms with van der Waals surface area (Å²) in [5.74, 6) is -0.810. The molecular formula is C14H18FN3O3. The van der Waals surface area contributed by atoms with E-state index < -0.39 is 16.8 Å². The minimum absolute atomic E-state index is 0.0764. The molecule has 0 radical (unpaired) electrons. The number of carbonyl (C=O) groups is 1. The van der Waals surface area contributed by atoms with Crippen molar-refractivity contribution in [3.05, 3.63) is 34.1 Å². The second kappa shape index (κ2) is 6.51. The summed E-state index contributed by atoms with van der Waals surface area (Å²) >= 11 is 0. The number of hydrogen-bond donors (Lipinski definition) is 1. The van der Waals surface area contributed by atoms with E-state index in [1.165, 1.54) is 12.1 Å². The van der Waals surface area contributed by atoms with E-state index in [1.807, 2.05) is 0 Å². The molecule has 0 aromatic heterocycles. The van der Waals surface area contributed by atoms with Gasteiger partial charge in [0, 0.05) is 19.2 Å². The average Bonchev–Trinajstić information content (AvgIpc) is 2.49. The van der Waals surface area contributed by atoms with Crippen molar-refractivity contribution >= 4 is 17.3 Å². The summed E-state index contributed by atoms with van der Waals surface area (Å²) < 4.78 is 13.8. The highest BCUT2D eigenvalue weighted by Crippen LogP contribution is 2.21. The molecular weight excluding hydrogens is 277 g/mol. The number of carbonyl (C=O) groups excluding carboxylic acids is 1. The normalized spacial score (nSPS) is 16.4. The maximum atomic E-state index is 13.8. The molecule has 1 amide bonds. The fourth-order valence-corrected chi connectivity index (χ4v) is 2.42. The standard InChI is InChI=1S/C14H18FN3O3/c1-10(14(19)17-7-3-2-4-8-17)16-13-6-5-11(18(20)21)9-12(13)15/h5-6,9-10,16H,2-4,7-8H2,1H3. The lowest BCUT2D eigenvalue weighted by molar-refractivity contribution is -0.385. The number of likely N-dealkylation sites (tertiary alicyclic amines) is 1. The molecule has 2 rings (SSSR count). The minimum Gasteiger partial charge on any atom is -0.372 e. The fraction of sp³-hybridized carbons (Fsp3) is 0.500. The minimum atomic E-state index is -0.734. The zero-order valence-electron chi connectivity index (χ0n) is 11.8. The van der Waals surface area contributed by atoms with Crippen LogP contribution in [-0.2, 0) is 4.79 Å². The number of nitro groups is 1. The van der Waals surface area contributed by atoms with Crippen molar-refractivity contribution in [3.8, 4) is 0 Å². The summed E-state index contributed by atoms with van der Waals surface area (Å²) in [5.41, 5.74) is -0.216. The highest BCUT2D eigenvalue weighted by atomic mass is 19.1. The Hall–Kier alpha value is -2.18. The maximum absolute atomic E-state index is 13.8. The second-order valence-electron chi connectivity index (χ2n) is 5.17. The van der Waals surface area contributed by atoms with E-state index in [-0.39, 0.29) is 17.3 Å². The molecule has 1 aromatic rings. The van der Waals surface area contributed by atoms with Crippen LogP contribution in [0.25, 0.3) is 0 Å². The maximum Gasteiger partial charge on any atom is 0.272 e. The van der Waals surface area contributed by atoms with Crippen LogP contribution in [-0.4, -0.2) is 34.9 Å². The molecule has 1 atom stereocenters. The first kappa shape index (κ1) is 15.2. The summed E-state index contributed by atoms with van der Waals surface area (Å²) in [6.07, 6.45) is 3.11. The average molecular weight is 295 g/mol. The Morgan fingerprint density at radius 1 is 1.38 bits per heavy atom. The second-order valence-corrected chi connectivity index (χ2v) is 5.17. The molecule has 0 spiro atoms. The number of amides is 1. The van der Waals surface area contributed by atoms with Gasteiger partial charge in [-0.05, 0) is 32.3 Å². The van der Waals surface area contributed by atoms with E-state index in [0.29, 0.717) is 0 Å². The first-order valence-electron chi connectivity index (χ1n) is 6.98. The van der Waals surface area contributed by atoms with Gasteiger partial charge in [-0.3, -0.25) is 14.9 Å². The zero-order chi connectivity index (χ0) is 15.4. The van der Waals surface area contributed by atoms with Gasteiger partial charge in [0.25, 0.3) is 5.69 Å². The van der Waals surface area contributed by atoms with Gasteiger partial charge < -0.3 is 10.2 Å². The first-order valence-corrected chi connectivity index (χ1v) is 6.98. The Morgan fingerprint density at radius 3 is 2.62 bits per heavy atom. The Morgan fingerprint density at radius 2 is 2.05 bits per heavy atom. The van der Waals surface area contributed by atoms with E-state index in [0.717, 1.165) is 38.4 Å². The van der Waals surface area contributed by atoms with Gasteiger partial charge >= 0.3 is 0 Å². The third-order valence-electron chi connectivity index (χ3n) is 3.57. The van der Waals surface area contributed by atoms with Crippen molar-refractivity contribution < 1.29 is 14.1 Å². The summed E-state index contributed by atoms with van der Waals surface area (Å²) in [5, 5.41) is 13.3. The van der Waals surface area contributed by atoms with Crippen molar-refractivity contribution in [1.82, 2.24) is 4.90 Å². The van der Waals surface area contributed by atoms with Gasteiger partial charge in [-0.15, -0.1) is 0 Å². The smallest absolute Gasteiger partial charge is 0.272 e. The third-order valence-corrected chi connectivity index (χ3v) is 3.57. The summed E-state index contributed by atoms with van der Waals surface area (Å²) in [6.45, 7) is 3.12. The van der Waals surface area contributed by atoms with Crippen molar-refractivity contribution in [2.24, 2.45) is 0 Å². The van der Waals surface area contributed by atoms with E-state index >= 15 is 0 Å². The zero-order valence-corrected chi connectivity index (χ0v) is 11.8. The molecule has 1 fully saturated rings. The number of benzene rings is 1. The Kier molecular flexibility index (Phi) is 4.72. The van der Waals surface area contributed by atoms with Crippen molar-refractivity contribution in [1.29, 1.82) is 0 Å². The largest absolute Gasteiger partial charge is 0.372 e. The van der Waals surface area contributed by atoms with Crippen molar-refractivity contribution in [2.45, 2.75) is 32.2 Å². The Labute approximate surface area is 122 Å². The highest BCUT2D eigenvalue weighted by molar-refractivity contribution is 5.84. The molecule has 6 nitrogen and oxygen atoms in total. The van der Waals surface area contributed by atoms with Crippen LogP contribution >= 0.6 is 0 Å². The van der Waals surface area contributed by atoms with Crippen LogP contribution in [0.1, 0.15) is 26.2 Å². The third kappa shape index (κ3) is 3.68. The molecule has 1 aliphatic rings. The predicted molar refractivity (Wildman–Crippen MR) is 76.6 cm³/mol. The summed E-state index contributed by atoms with van der Waals surface area (Å²) in [4.78, 5) is 23.9. The molecule has 1 aromatic carbocycles. The highest BCUT2D eigenvalue weighted by Gasteiger charge is 2.23. The van der Waals surface area contributed by atoms with Crippen molar-refractivity contribution in [2.75, 3.05) is 18.4 Å². The number of rotatable bonds is 4. The molecule has 1 heterocycles. The number of nitrogens with zero attached hydrogens (tertiary/aromatic N) is 2. The van der Waals surface area contributed by atoms with Gasteiger partial charge in [0.15, 0.2) is 5.82 Å². The van der Waals surface area contributed by atoms with Gasteiger partial charge in [-0.1, -0.05) is 0 Å². The van der Waals surface area contributed by atoms with Crippen LogP contribution < -0.4 is 5.32 Å². The Bertz CT molecular complexity index is 544. The molecule has 0 aliphatic carbocycles. The van der Waals surface area contributed by atoms with Crippen LogP contribution in [0.2, 0.25) is 0 Å². The van der Waals surface area contributed by atoms with Crippen LogP contribution in [0.4, 0.5) is 15.8 Å². The SMILES string of the molecule is CC(Nc1ccc([N+](=O)[O-])cc1F)C(=O)N1CCCCC1. The first-order chi connectivity index (χ1) is 9.99. The van der Waals surface area contributed by atoms with Gasteiger partial charge in [0.05, 0.1) is 16.7 Å². The van der Waals surface area contributed by atoms with E-state index in [9.17, 15) is 19.3 Å². The Balaban J connectivity index is 2.03. The van der Waals surface area contributed by atoms with Gasteiger partial charge in [0.1, 0.15) is 6.04 Å². The topological polar surface area (TPSA) is 75.5 Å². The van der Waals surface area contributed by atoms with Crippen LogP contribution in [0.5, 0.6) is 0 Å². The number of anilines is 1. The monoisotopic (exact) mass is 295 g/mol. The van der Waals surface area contributed by atoms with Gasteiger partial charge in [0.2, 0.25) is 5.91 Å². The lowest BCUT2D eigenvalue weighted by Crippen LogP contribution is -2.44. The quantitative estimate of drug-likeness (QED) is 0.684. The number of hydrogen-bond acceptors (Lipinski definition) is 4.